The third-order valence-corrected chi connectivity index (χ3v) is 7.10. The second-order valence-corrected chi connectivity index (χ2v) is 9.62. The fourth-order valence-electron chi connectivity index (χ4n) is 4.87. The maximum absolute atomic E-state index is 11.3. The highest BCUT2D eigenvalue weighted by molar-refractivity contribution is 6.30. The van der Waals surface area contributed by atoms with E-state index >= 15 is 0 Å². The monoisotopic (exact) mass is 491 g/mol. The van der Waals surface area contributed by atoms with Crippen LogP contribution >= 0.6 is 11.6 Å². The summed E-state index contributed by atoms with van der Waals surface area (Å²) in [6, 6.07) is 18.1. The number of carbonyl (C=O) groups is 1. The van der Waals surface area contributed by atoms with Crippen molar-refractivity contribution in [1.82, 2.24) is 4.98 Å². The fourth-order valence-corrected chi connectivity index (χ4v) is 5.10. The SMILES string of the molecule is Cc1cc(/C(C[C@@H](c2ccc(N3CCC(C(=O)O)CC3)cc2)c2ccc(Cl)cc2C)=N\O)ccn1. The van der Waals surface area contributed by atoms with Crippen LogP contribution in [0, 0.1) is 19.8 Å². The number of pyridine rings is 1. The molecular weight excluding hydrogens is 462 g/mol. The summed E-state index contributed by atoms with van der Waals surface area (Å²) in [5, 5.41) is 23.5. The van der Waals surface area contributed by atoms with E-state index in [0.29, 0.717) is 30.0 Å². The van der Waals surface area contributed by atoms with Crippen LogP contribution in [0.2, 0.25) is 5.02 Å². The summed E-state index contributed by atoms with van der Waals surface area (Å²) in [5.41, 5.74) is 6.68. The minimum absolute atomic E-state index is 0.0431. The number of hydrogen-bond acceptors (Lipinski definition) is 5. The van der Waals surface area contributed by atoms with Gasteiger partial charge in [0.05, 0.1) is 11.6 Å². The van der Waals surface area contributed by atoms with Gasteiger partial charge in [-0.25, -0.2) is 0 Å². The van der Waals surface area contributed by atoms with E-state index in [4.69, 9.17) is 11.6 Å². The molecular formula is C28H30ClN3O3. The number of anilines is 1. The molecule has 0 spiro atoms. The normalized spacial score (nSPS) is 15.7. The van der Waals surface area contributed by atoms with Crippen molar-refractivity contribution in [3.8, 4) is 0 Å². The van der Waals surface area contributed by atoms with Crippen molar-refractivity contribution in [3.63, 3.8) is 0 Å². The van der Waals surface area contributed by atoms with Gasteiger partial charge < -0.3 is 15.2 Å². The Hall–Kier alpha value is -3.38. The molecule has 2 aromatic carbocycles. The number of piperidine rings is 1. The second-order valence-electron chi connectivity index (χ2n) is 9.18. The first-order chi connectivity index (χ1) is 16.9. The van der Waals surface area contributed by atoms with E-state index in [1.807, 2.05) is 44.2 Å². The molecule has 1 atom stereocenters. The summed E-state index contributed by atoms with van der Waals surface area (Å²) in [7, 11) is 0. The number of nitrogens with zero attached hydrogens (tertiary/aromatic N) is 3. The van der Waals surface area contributed by atoms with Gasteiger partial charge in [0.2, 0.25) is 0 Å². The van der Waals surface area contributed by atoms with E-state index in [0.717, 1.165) is 46.7 Å². The third-order valence-electron chi connectivity index (χ3n) is 6.86. The van der Waals surface area contributed by atoms with Crippen LogP contribution in [0.1, 0.15) is 53.1 Å². The van der Waals surface area contributed by atoms with E-state index in [1.54, 1.807) is 6.20 Å². The van der Waals surface area contributed by atoms with Crippen molar-refractivity contribution in [1.29, 1.82) is 0 Å². The van der Waals surface area contributed by atoms with Crippen LogP contribution in [-0.2, 0) is 4.79 Å². The highest BCUT2D eigenvalue weighted by atomic mass is 35.5. The van der Waals surface area contributed by atoms with Crippen molar-refractivity contribution >= 4 is 29.0 Å². The Morgan fingerprint density at radius 1 is 1.11 bits per heavy atom. The summed E-state index contributed by atoms with van der Waals surface area (Å²) < 4.78 is 0. The van der Waals surface area contributed by atoms with Crippen LogP contribution in [0.25, 0.3) is 0 Å². The molecule has 0 amide bonds. The zero-order chi connectivity index (χ0) is 24.9. The first-order valence-corrected chi connectivity index (χ1v) is 12.2. The zero-order valence-corrected chi connectivity index (χ0v) is 20.7. The van der Waals surface area contributed by atoms with Crippen LogP contribution < -0.4 is 4.90 Å². The highest BCUT2D eigenvalue weighted by Gasteiger charge is 2.25. The number of benzene rings is 2. The lowest BCUT2D eigenvalue weighted by Gasteiger charge is -2.32. The quantitative estimate of drug-likeness (QED) is 0.238. The largest absolute Gasteiger partial charge is 0.481 e. The van der Waals surface area contributed by atoms with E-state index < -0.39 is 5.97 Å². The topological polar surface area (TPSA) is 86.0 Å². The lowest BCUT2D eigenvalue weighted by molar-refractivity contribution is -0.142. The van der Waals surface area contributed by atoms with E-state index in [2.05, 4.69) is 39.3 Å². The third kappa shape index (κ3) is 5.82. The van der Waals surface area contributed by atoms with Crippen molar-refractivity contribution < 1.29 is 15.1 Å². The standard InChI is InChI=1S/C28H30ClN3O3/c1-18-15-23(29)5-8-25(18)26(17-27(31-35)22-9-12-30-19(2)16-22)20-3-6-24(7-4-20)32-13-10-21(11-14-32)28(33)34/h3-9,12,15-16,21,26,35H,10-11,13-14,17H2,1-2H3,(H,33,34)/b31-27-/t26-/m0/s1. The van der Waals surface area contributed by atoms with Crippen LogP contribution in [0.5, 0.6) is 0 Å². The Bertz CT molecular complexity index is 1220. The maximum atomic E-state index is 11.3. The number of aryl methyl sites for hydroxylation is 2. The summed E-state index contributed by atoms with van der Waals surface area (Å²) in [5.74, 6) is -0.999. The van der Waals surface area contributed by atoms with Crippen LogP contribution in [0.4, 0.5) is 5.69 Å². The highest BCUT2D eigenvalue weighted by Crippen LogP contribution is 2.34. The Morgan fingerprint density at radius 2 is 1.83 bits per heavy atom. The number of oxime groups is 1. The lowest BCUT2D eigenvalue weighted by Crippen LogP contribution is -2.36. The van der Waals surface area contributed by atoms with Gasteiger partial charge in [-0.3, -0.25) is 9.78 Å². The molecule has 0 aliphatic carbocycles. The zero-order valence-electron chi connectivity index (χ0n) is 20.0. The first-order valence-electron chi connectivity index (χ1n) is 11.8. The van der Waals surface area contributed by atoms with Crippen molar-refractivity contribution in [2.75, 3.05) is 18.0 Å². The minimum Gasteiger partial charge on any atom is -0.481 e. The van der Waals surface area contributed by atoms with Gasteiger partial charge in [0, 0.05) is 53.6 Å². The fraction of sp³-hybridized carbons (Fsp3) is 0.321. The van der Waals surface area contributed by atoms with Gasteiger partial charge in [-0.1, -0.05) is 35.0 Å². The molecule has 6 nitrogen and oxygen atoms in total. The summed E-state index contributed by atoms with van der Waals surface area (Å²) in [6.45, 7) is 5.43. The number of carboxylic acids is 1. The number of hydrogen-bond donors (Lipinski definition) is 2. The van der Waals surface area contributed by atoms with Crippen LogP contribution in [0.15, 0.2) is 65.9 Å². The molecule has 1 saturated heterocycles. The Kier molecular flexibility index (Phi) is 7.71. The molecule has 0 radical (unpaired) electrons. The molecule has 1 aliphatic heterocycles. The molecule has 7 heteroatoms. The molecule has 1 aliphatic rings. The lowest BCUT2D eigenvalue weighted by atomic mass is 9.83. The van der Waals surface area contributed by atoms with Gasteiger partial charge in [-0.15, -0.1) is 0 Å². The Labute approximate surface area is 210 Å². The maximum Gasteiger partial charge on any atom is 0.306 e. The van der Waals surface area contributed by atoms with Gasteiger partial charge in [-0.2, -0.15) is 0 Å². The second kappa shape index (κ2) is 10.9. The molecule has 0 unspecified atom stereocenters. The molecule has 182 valence electrons. The molecule has 1 fully saturated rings. The van der Waals surface area contributed by atoms with Crippen molar-refractivity contribution in [3.05, 3.63) is 93.8 Å². The average Bonchev–Trinajstić information content (AvgIpc) is 2.86. The average molecular weight is 492 g/mol. The van der Waals surface area contributed by atoms with Gasteiger partial charge in [0.1, 0.15) is 0 Å². The van der Waals surface area contributed by atoms with Gasteiger partial charge >= 0.3 is 5.97 Å². The smallest absolute Gasteiger partial charge is 0.306 e. The first kappa shape index (κ1) is 24.7. The van der Waals surface area contributed by atoms with Gasteiger partial charge in [0.15, 0.2) is 0 Å². The predicted octanol–water partition coefficient (Wildman–Crippen LogP) is 6.05. The number of carboxylic acid groups (broad SMARTS) is 1. The Balaban J connectivity index is 1.63. The molecule has 35 heavy (non-hydrogen) atoms. The Morgan fingerprint density at radius 3 is 2.43 bits per heavy atom. The molecule has 1 aromatic heterocycles. The van der Waals surface area contributed by atoms with Gasteiger partial charge in [-0.05, 0) is 79.8 Å². The van der Waals surface area contributed by atoms with E-state index in [1.165, 1.54) is 0 Å². The van der Waals surface area contributed by atoms with Crippen molar-refractivity contribution in [2.45, 2.75) is 39.0 Å². The molecule has 2 heterocycles. The molecule has 4 rings (SSSR count). The number of rotatable bonds is 7. The van der Waals surface area contributed by atoms with Crippen LogP contribution in [0.3, 0.4) is 0 Å². The summed E-state index contributed by atoms with van der Waals surface area (Å²) in [4.78, 5) is 17.8. The van der Waals surface area contributed by atoms with Crippen molar-refractivity contribution in [2.24, 2.45) is 11.1 Å². The number of aromatic nitrogens is 1. The predicted molar refractivity (Wildman–Crippen MR) is 139 cm³/mol. The molecule has 0 bridgehead atoms. The molecule has 3 aromatic rings. The number of aliphatic carboxylic acids is 1. The summed E-state index contributed by atoms with van der Waals surface area (Å²) >= 11 is 6.24. The van der Waals surface area contributed by atoms with Crippen LogP contribution in [-0.4, -0.2) is 40.1 Å². The molecule has 2 N–H and O–H groups in total. The summed E-state index contributed by atoms with van der Waals surface area (Å²) in [6.07, 6.45) is 3.54. The van der Waals surface area contributed by atoms with Gasteiger partial charge in [0.25, 0.3) is 0 Å². The minimum atomic E-state index is -0.702. The number of halogens is 1. The molecule has 0 saturated carbocycles. The van der Waals surface area contributed by atoms with E-state index in [9.17, 15) is 15.1 Å². The van der Waals surface area contributed by atoms with E-state index in [-0.39, 0.29) is 11.8 Å².